The smallest absolute Gasteiger partial charge is 0.126 e. The molecular formula is C14H16O2. The number of methoxy groups -OCH3 is 1. The molecule has 0 saturated carbocycles. The number of hydrogen-bond acceptors (Lipinski definition) is 2. The molecule has 0 fully saturated rings. The van der Waals surface area contributed by atoms with E-state index in [9.17, 15) is 0 Å². The van der Waals surface area contributed by atoms with Crippen molar-refractivity contribution in [2.24, 2.45) is 0 Å². The van der Waals surface area contributed by atoms with Gasteiger partial charge in [-0.05, 0) is 36.1 Å². The molecule has 2 aromatic carbocycles. The molecule has 2 nitrogen and oxygen atoms in total. The normalized spacial score (nSPS) is 10.4. The van der Waals surface area contributed by atoms with Gasteiger partial charge in [0.2, 0.25) is 0 Å². The zero-order valence-electron chi connectivity index (χ0n) is 9.69. The van der Waals surface area contributed by atoms with Crippen LogP contribution in [0.2, 0.25) is 0 Å². The van der Waals surface area contributed by atoms with Gasteiger partial charge < -0.3 is 9.47 Å². The molecule has 0 heterocycles. The molecule has 16 heavy (non-hydrogen) atoms. The van der Waals surface area contributed by atoms with Crippen molar-refractivity contribution in [2.75, 3.05) is 13.7 Å². The SMILES string of the molecule is CCCOc1ccc2c(OC)cccc2c1. The van der Waals surface area contributed by atoms with E-state index in [0.717, 1.165) is 35.3 Å². The average Bonchev–Trinajstić information content (AvgIpc) is 2.35. The Morgan fingerprint density at radius 2 is 2.00 bits per heavy atom. The van der Waals surface area contributed by atoms with Gasteiger partial charge in [-0.25, -0.2) is 0 Å². The third-order valence-corrected chi connectivity index (χ3v) is 2.50. The first-order valence-electron chi connectivity index (χ1n) is 5.54. The molecule has 0 aliphatic rings. The van der Waals surface area contributed by atoms with E-state index in [1.165, 1.54) is 0 Å². The van der Waals surface area contributed by atoms with Gasteiger partial charge >= 0.3 is 0 Å². The van der Waals surface area contributed by atoms with Crippen molar-refractivity contribution in [1.82, 2.24) is 0 Å². The lowest BCUT2D eigenvalue weighted by Gasteiger charge is -2.08. The van der Waals surface area contributed by atoms with Gasteiger partial charge in [-0.3, -0.25) is 0 Å². The first-order valence-corrected chi connectivity index (χ1v) is 5.54. The predicted molar refractivity (Wildman–Crippen MR) is 66.3 cm³/mol. The van der Waals surface area contributed by atoms with Crippen LogP contribution < -0.4 is 9.47 Å². The minimum atomic E-state index is 0.759. The quantitative estimate of drug-likeness (QED) is 0.776. The summed E-state index contributed by atoms with van der Waals surface area (Å²) in [4.78, 5) is 0. The van der Waals surface area contributed by atoms with E-state index in [4.69, 9.17) is 9.47 Å². The topological polar surface area (TPSA) is 18.5 Å². The molecule has 0 aromatic heterocycles. The molecule has 0 atom stereocenters. The van der Waals surface area contributed by atoms with Crippen molar-refractivity contribution < 1.29 is 9.47 Å². The number of ether oxygens (including phenoxy) is 2. The van der Waals surface area contributed by atoms with Gasteiger partial charge in [0.05, 0.1) is 13.7 Å². The molecule has 0 amide bonds. The number of rotatable bonds is 4. The molecule has 0 N–H and O–H groups in total. The third kappa shape index (κ3) is 2.11. The van der Waals surface area contributed by atoms with Crippen LogP contribution in [0.25, 0.3) is 10.8 Å². The Bertz CT molecular complexity index is 477. The van der Waals surface area contributed by atoms with Crippen molar-refractivity contribution in [3.8, 4) is 11.5 Å². The van der Waals surface area contributed by atoms with Crippen LogP contribution >= 0.6 is 0 Å². The highest BCUT2D eigenvalue weighted by molar-refractivity contribution is 5.89. The minimum Gasteiger partial charge on any atom is -0.496 e. The second kappa shape index (κ2) is 4.88. The van der Waals surface area contributed by atoms with E-state index in [0.29, 0.717) is 0 Å². The Morgan fingerprint density at radius 3 is 2.75 bits per heavy atom. The molecule has 84 valence electrons. The summed E-state index contributed by atoms with van der Waals surface area (Å²) in [6, 6.07) is 12.1. The van der Waals surface area contributed by atoms with Crippen LogP contribution in [0, 0.1) is 0 Å². The van der Waals surface area contributed by atoms with Gasteiger partial charge in [0.1, 0.15) is 11.5 Å². The summed E-state index contributed by atoms with van der Waals surface area (Å²) in [5, 5.41) is 2.27. The molecule has 2 heteroatoms. The van der Waals surface area contributed by atoms with Crippen LogP contribution in [0.5, 0.6) is 11.5 Å². The summed E-state index contributed by atoms with van der Waals surface area (Å²) in [5.41, 5.74) is 0. The van der Waals surface area contributed by atoms with Crippen molar-refractivity contribution in [2.45, 2.75) is 13.3 Å². The fourth-order valence-corrected chi connectivity index (χ4v) is 1.72. The van der Waals surface area contributed by atoms with Gasteiger partial charge in [0.15, 0.2) is 0 Å². The molecule has 0 spiro atoms. The molecule has 0 saturated heterocycles. The van der Waals surface area contributed by atoms with Crippen molar-refractivity contribution in [3.63, 3.8) is 0 Å². The third-order valence-electron chi connectivity index (χ3n) is 2.50. The van der Waals surface area contributed by atoms with Gasteiger partial charge in [-0.1, -0.05) is 19.1 Å². The van der Waals surface area contributed by atoms with Crippen molar-refractivity contribution >= 4 is 10.8 Å². The first kappa shape index (κ1) is 10.8. The summed E-state index contributed by atoms with van der Waals surface area (Å²) in [6.07, 6.45) is 1.02. The minimum absolute atomic E-state index is 0.759. The van der Waals surface area contributed by atoms with Crippen LogP contribution in [0.4, 0.5) is 0 Å². The maximum absolute atomic E-state index is 5.60. The predicted octanol–water partition coefficient (Wildman–Crippen LogP) is 3.64. The molecule has 2 rings (SSSR count). The van der Waals surface area contributed by atoms with E-state index in [2.05, 4.69) is 13.0 Å². The molecule has 0 bridgehead atoms. The number of benzene rings is 2. The van der Waals surface area contributed by atoms with Crippen LogP contribution in [0.15, 0.2) is 36.4 Å². The Kier molecular flexibility index (Phi) is 3.30. The van der Waals surface area contributed by atoms with E-state index < -0.39 is 0 Å². The Balaban J connectivity index is 2.39. The summed E-state index contributed by atoms with van der Waals surface area (Å²) in [6.45, 7) is 2.86. The molecular weight excluding hydrogens is 200 g/mol. The molecule has 0 unspecified atom stereocenters. The maximum atomic E-state index is 5.60. The lowest BCUT2D eigenvalue weighted by atomic mass is 10.1. The summed E-state index contributed by atoms with van der Waals surface area (Å²) in [7, 11) is 1.69. The van der Waals surface area contributed by atoms with Crippen molar-refractivity contribution in [1.29, 1.82) is 0 Å². The Labute approximate surface area is 95.8 Å². The van der Waals surface area contributed by atoms with Crippen molar-refractivity contribution in [3.05, 3.63) is 36.4 Å². The van der Waals surface area contributed by atoms with Gasteiger partial charge in [0.25, 0.3) is 0 Å². The standard InChI is InChI=1S/C14H16O2/c1-3-9-16-12-7-8-13-11(10-12)5-4-6-14(13)15-2/h4-8,10H,3,9H2,1-2H3. The lowest BCUT2D eigenvalue weighted by molar-refractivity contribution is 0.318. The highest BCUT2D eigenvalue weighted by atomic mass is 16.5. The largest absolute Gasteiger partial charge is 0.496 e. The van der Waals surface area contributed by atoms with Crippen LogP contribution in [-0.4, -0.2) is 13.7 Å². The zero-order chi connectivity index (χ0) is 11.4. The van der Waals surface area contributed by atoms with Gasteiger partial charge in [0, 0.05) is 5.39 Å². The van der Waals surface area contributed by atoms with Crippen LogP contribution in [-0.2, 0) is 0 Å². The summed E-state index contributed by atoms with van der Waals surface area (Å²) >= 11 is 0. The van der Waals surface area contributed by atoms with E-state index in [1.54, 1.807) is 7.11 Å². The van der Waals surface area contributed by atoms with E-state index >= 15 is 0 Å². The second-order valence-corrected chi connectivity index (χ2v) is 3.69. The maximum Gasteiger partial charge on any atom is 0.126 e. The highest BCUT2D eigenvalue weighted by Crippen LogP contribution is 2.28. The molecule has 0 aliphatic carbocycles. The molecule has 0 aliphatic heterocycles. The second-order valence-electron chi connectivity index (χ2n) is 3.69. The average molecular weight is 216 g/mol. The van der Waals surface area contributed by atoms with Crippen LogP contribution in [0.1, 0.15) is 13.3 Å². The zero-order valence-corrected chi connectivity index (χ0v) is 9.69. The van der Waals surface area contributed by atoms with Gasteiger partial charge in [-0.15, -0.1) is 0 Å². The summed E-state index contributed by atoms with van der Waals surface area (Å²) < 4.78 is 10.9. The van der Waals surface area contributed by atoms with Gasteiger partial charge in [-0.2, -0.15) is 0 Å². The lowest BCUT2D eigenvalue weighted by Crippen LogP contribution is -1.94. The summed E-state index contributed by atoms with van der Waals surface area (Å²) in [5.74, 6) is 1.82. The van der Waals surface area contributed by atoms with Crippen LogP contribution in [0.3, 0.4) is 0 Å². The van der Waals surface area contributed by atoms with E-state index in [-0.39, 0.29) is 0 Å². The fourth-order valence-electron chi connectivity index (χ4n) is 1.72. The Morgan fingerprint density at radius 1 is 1.12 bits per heavy atom. The molecule has 2 aromatic rings. The molecule has 0 radical (unpaired) electrons. The number of fused-ring (bicyclic) bond motifs is 1. The highest BCUT2D eigenvalue weighted by Gasteiger charge is 2.01. The number of hydrogen-bond donors (Lipinski definition) is 0. The Hall–Kier alpha value is -1.70. The monoisotopic (exact) mass is 216 g/mol. The fraction of sp³-hybridized carbons (Fsp3) is 0.286. The first-order chi connectivity index (χ1) is 7.85. The van der Waals surface area contributed by atoms with E-state index in [1.807, 2.05) is 30.3 Å².